The van der Waals surface area contributed by atoms with Gasteiger partial charge in [0.15, 0.2) is 0 Å². The molecule has 0 saturated carbocycles. The van der Waals surface area contributed by atoms with E-state index < -0.39 is 0 Å². The zero-order valence-corrected chi connectivity index (χ0v) is 8.87. The van der Waals surface area contributed by atoms with Gasteiger partial charge in [0.1, 0.15) is 5.75 Å². The van der Waals surface area contributed by atoms with Gasteiger partial charge in [0.25, 0.3) is 0 Å². The van der Waals surface area contributed by atoms with Gasteiger partial charge in [0.2, 0.25) is 0 Å². The van der Waals surface area contributed by atoms with Crippen molar-refractivity contribution in [1.29, 1.82) is 0 Å². The predicted molar refractivity (Wildman–Crippen MR) is 55.5 cm³/mol. The van der Waals surface area contributed by atoms with Gasteiger partial charge in [-0.15, -0.1) is 0 Å². The van der Waals surface area contributed by atoms with Crippen LogP contribution in [0.2, 0.25) is 0 Å². The molecule has 0 aliphatic rings. The van der Waals surface area contributed by atoms with Crippen LogP contribution in [-0.2, 0) is 9.22 Å². The van der Waals surface area contributed by atoms with Crippen molar-refractivity contribution in [2.24, 2.45) is 0 Å². The van der Waals surface area contributed by atoms with E-state index in [0.717, 1.165) is 4.43 Å². The van der Waals surface area contributed by atoms with E-state index in [1.165, 1.54) is 12.5 Å². The van der Waals surface area contributed by atoms with Gasteiger partial charge in [0, 0.05) is 11.4 Å². The van der Waals surface area contributed by atoms with Crippen LogP contribution in [0, 0.1) is 0 Å². The quantitative estimate of drug-likeness (QED) is 0.359. The molecule has 0 aromatic heterocycles. The van der Waals surface area contributed by atoms with Crippen LogP contribution < -0.4 is 4.74 Å². The fourth-order valence-electron chi connectivity index (χ4n) is 0.813. The van der Waals surface area contributed by atoms with Gasteiger partial charge in [-0.1, -0.05) is 34.7 Å². The molecule has 0 radical (unpaired) electrons. The molecule has 0 amide bonds. The average molecular weight is 276 g/mol. The molecular formula is C9H9IO2. The number of benzene rings is 1. The third kappa shape index (κ3) is 2.81. The van der Waals surface area contributed by atoms with Gasteiger partial charge in [-0.05, 0) is 17.7 Å². The zero-order chi connectivity index (χ0) is 8.97. The Kier molecular flexibility index (Phi) is 3.52. The molecule has 0 fully saturated rings. The maximum atomic E-state index is 10.5. The molecule has 12 heavy (non-hydrogen) atoms. The smallest absolute Gasteiger partial charge is 0.308 e. The molecule has 0 atom stereocenters. The van der Waals surface area contributed by atoms with Gasteiger partial charge in [-0.25, -0.2) is 0 Å². The van der Waals surface area contributed by atoms with Crippen LogP contribution in [0.3, 0.4) is 0 Å². The minimum Gasteiger partial charge on any atom is -0.427 e. The molecule has 3 heteroatoms. The topological polar surface area (TPSA) is 26.3 Å². The SMILES string of the molecule is CC(=O)Oc1ccc(CI)cc1. The number of alkyl halides is 1. The summed E-state index contributed by atoms with van der Waals surface area (Å²) in [6.45, 7) is 1.40. The highest BCUT2D eigenvalue weighted by Crippen LogP contribution is 2.14. The van der Waals surface area contributed by atoms with Crippen molar-refractivity contribution in [3.8, 4) is 5.75 Å². The normalized spacial score (nSPS) is 9.50. The van der Waals surface area contributed by atoms with Gasteiger partial charge in [-0.3, -0.25) is 4.79 Å². The highest BCUT2D eigenvalue weighted by Gasteiger charge is 1.96. The van der Waals surface area contributed by atoms with Crippen LogP contribution in [0.5, 0.6) is 5.75 Å². The summed E-state index contributed by atoms with van der Waals surface area (Å²) in [4.78, 5) is 10.5. The van der Waals surface area contributed by atoms with Gasteiger partial charge < -0.3 is 4.74 Å². The molecule has 0 N–H and O–H groups in total. The summed E-state index contributed by atoms with van der Waals surface area (Å²) < 4.78 is 5.84. The Labute approximate surface area is 85.1 Å². The van der Waals surface area contributed by atoms with Gasteiger partial charge >= 0.3 is 5.97 Å². The van der Waals surface area contributed by atoms with Crippen molar-refractivity contribution in [1.82, 2.24) is 0 Å². The van der Waals surface area contributed by atoms with E-state index in [9.17, 15) is 4.79 Å². The number of carbonyl (C=O) groups excluding carboxylic acids is 1. The molecule has 0 heterocycles. The number of esters is 1. The van der Waals surface area contributed by atoms with Gasteiger partial charge in [0.05, 0.1) is 0 Å². The highest BCUT2D eigenvalue weighted by molar-refractivity contribution is 14.1. The fourth-order valence-corrected chi connectivity index (χ4v) is 1.32. The number of hydrogen-bond donors (Lipinski definition) is 0. The average Bonchev–Trinajstić information content (AvgIpc) is 2.05. The van der Waals surface area contributed by atoms with Crippen LogP contribution in [0.4, 0.5) is 0 Å². The molecule has 1 aromatic carbocycles. The first kappa shape index (κ1) is 9.51. The van der Waals surface area contributed by atoms with Crippen LogP contribution >= 0.6 is 22.6 Å². The number of carbonyl (C=O) groups is 1. The van der Waals surface area contributed by atoms with Crippen molar-refractivity contribution in [3.05, 3.63) is 29.8 Å². The third-order valence-corrected chi connectivity index (χ3v) is 2.22. The first-order chi connectivity index (χ1) is 5.72. The monoisotopic (exact) mass is 276 g/mol. The van der Waals surface area contributed by atoms with Crippen molar-refractivity contribution in [2.75, 3.05) is 0 Å². The van der Waals surface area contributed by atoms with Crippen molar-refractivity contribution in [3.63, 3.8) is 0 Å². The maximum Gasteiger partial charge on any atom is 0.308 e. The van der Waals surface area contributed by atoms with E-state index in [4.69, 9.17) is 4.74 Å². The molecule has 2 nitrogen and oxygen atoms in total. The second-order valence-corrected chi connectivity index (χ2v) is 3.13. The number of hydrogen-bond acceptors (Lipinski definition) is 2. The summed E-state index contributed by atoms with van der Waals surface area (Å²) in [7, 11) is 0. The van der Waals surface area contributed by atoms with Crippen LogP contribution in [0.1, 0.15) is 12.5 Å². The molecule has 0 saturated heterocycles. The molecule has 64 valence electrons. The Morgan fingerprint density at radius 3 is 2.42 bits per heavy atom. The van der Waals surface area contributed by atoms with Gasteiger partial charge in [-0.2, -0.15) is 0 Å². The van der Waals surface area contributed by atoms with E-state index in [2.05, 4.69) is 22.6 Å². The lowest BCUT2D eigenvalue weighted by atomic mass is 10.2. The first-order valence-electron chi connectivity index (χ1n) is 3.55. The second-order valence-electron chi connectivity index (χ2n) is 2.37. The number of halogens is 1. The molecular weight excluding hydrogens is 267 g/mol. The van der Waals surface area contributed by atoms with Crippen molar-refractivity contribution in [2.45, 2.75) is 11.4 Å². The van der Waals surface area contributed by atoms with Crippen LogP contribution in [0.25, 0.3) is 0 Å². The van der Waals surface area contributed by atoms with E-state index in [1.807, 2.05) is 12.1 Å². The number of ether oxygens (including phenoxy) is 1. The molecule has 0 aliphatic heterocycles. The zero-order valence-electron chi connectivity index (χ0n) is 6.71. The maximum absolute atomic E-state index is 10.5. The lowest BCUT2D eigenvalue weighted by Crippen LogP contribution is -2.00. The molecule has 0 bridgehead atoms. The summed E-state index contributed by atoms with van der Waals surface area (Å²) in [6, 6.07) is 7.50. The molecule has 1 aromatic rings. The Bertz CT molecular complexity index is 266. The summed E-state index contributed by atoms with van der Waals surface area (Å²) in [5, 5.41) is 0. The summed E-state index contributed by atoms with van der Waals surface area (Å²) in [5.41, 5.74) is 1.23. The predicted octanol–water partition coefficient (Wildman–Crippen LogP) is 2.55. The second kappa shape index (κ2) is 4.45. The first-order valence-corrected chi connectivity index (χ1v) is 5.08. The molecule has 1 rings (SSSR count). The van der Waals surface area contributed by atoms with Crippen LogP contribution in [0.15, 0.2) is 24.3 Å². The van der Waals surface area contributed by atoms with E-state index in [1.54, 1.807) is 12.1 Å². The van der Waals surface area contributed by atoms with Crippen molar-refractivity contribution < 1.29 is 9.53 Å². The van der Waals surface area contributed by atoms with Crippen molar-refractivity contribution >= 4 is 28.6 Å². The summed E-state index contributed by atoms with van der Waals surface area (Å²) >= 11 is 2.28. The lowest BCUT2D eigenvalue weighted by Gasteiger charge is -2.00. The molecule has 0 unspecified atom stereocenters. The fraction of sp³-hybridized carbons (Fsp3) is 0.222. The summed E-state index contributed by atoms with van der Waals surface area (Å²) in [5.74, 6) is 0.327. The Hall–Kier alpha value is -0.580. The lowest BCUT2D eigenvalue weighted by molar-refractivity contribution is -0.131. The minimum absolute atomic E-state index is 0.280. The Morgan fingerprint density at radius 1 is 1.42 bits per heavy atom. The standard InChI is InChI=1S/C9H9IO2/c1-7(11)12-9-4-2-8(6-10)3-5-9/h2-5H,6H2,1H3. The minimum atomic E-state index is -0.280. The highest BCUT2D eigenvalue weighted by atomic mass is 127. The molecule has 0 spiro atoms. The Morgan fingerprint density at radius 2 is 2.00 bits per heavy atom. The Balaban J connectivity index is 2.71. The number of rotatable bonds is 2. The third-order valence-electron chi connectivity index (χ3n) is 1.34. The van der Waals surface area contributed by atoms with E-state index in [-0.39, 0.29) is 5.97 Å². The van der Waals surface area contributed by atoms with Crippen LogP contribution in [-0.4, -0.2) is 5.97 Å². The van der Waals surface area contributed by atoms with E-state index in [0.29, 0.717) is 5.75 Å². The molecule has 0 aliphatic carbocycles. The largest absolute Gasteiger partial charge is 0.427 e. The van der Waals surface area contributed by atoms with E-state index >= 15 is 0 Å². The summed E-state index contributed by atoms with van der Waals surface area (Å²) in [6.07, 6.45) is 0.